The van der Waals surface area contributed by atoms with Crippen LogP contribution >= 0.6 is 0 Å². The van der Waals surface area contributed by atoms with Crippen LogP contribution in [0.25, 0.3) is 0 Å². The summed E-state index contributed by atoms with van der Waals surface area (Å²) in [6.45, 7) is 6.61. The van der Waals surface area contributed by atoms with E-state index in [0.717, 1.165) is 65.1 Å². The van der Waals surface area contributed by atoms with Gasteiger partial charge in [0, 0.05) is 58.3 Å². The van der Waals surface area contributed by atoms with Gasteiger partial charge in [0.1, 0.15) is 0 Å². The zero-order valence-electron chi connectivity index (χ0n) is 13.1. The third-order valence-corrected chi connectivity index (χ3v) is 5.48. The molecule has 5 nitrogen and oxygen atoms in total. The predicted octanol–water partition coefficient (Wildman–Crippen LogP) is 1.49. The molecule has 0 bridgehead atoms. The predicted molar refractivity (Wildman–Crippen MR) is 79.2 cm³/mol. The summed E-state index contributed by atoms with van der Waals surface area (Å²) in [5.74, 6) is 0.449. The molecule has 3 saturated heterocycles. The lowest BCUT2D eigenvalue weighted by Gasteiger charge is -2.48. The largest absolute Gasteiger partial charge is 0.381 e. The first-order chi connectivity index (χ1) is 10.2. The van der Waals surface area contributed by atoms with Crippen LogP contribution in [-0.2, 0) is 18.9 Å². The second-order valence-electron chi connectivity index (χ2n) is 6.72. The van der Waals surface area contributed by atoms with Gasteiger partial charge >= 0.3 is 0 Å². The van der Waals surface area contributed by atoms with Crippen molar-refractivity contribution >= 4 is 0 Å². The van der Waals surface area contributed by atoms with Gasteiger partial charge in [-0.15, -0.1) is 0 Å². The van der Waals surface area contributed by atoms with Gasteiger partial charge in [0.2, 0.25) is 0 Å². The van der Waals surface area contributed by atoms with E-state index in [0.29, 0.717) is 12.5 Å². The molecule has 3 rings (SSSR count). The maximum Gasteiger partial charge on any atom is 0.0939 e. The van der Waals surface area contributed by atoms with Crippen molar-refractivity contribution in [1.82, 2.24) is 0 Å². The maximum absolute atomic E-state index is 6.72. The molecule has 0 saturated carbocycles. The lowest BCUT2D eigenvalue weighted by molar-refractivity contribution is -0.153. The van der Waals surface area contributed by atoms with Gasteiger partial charge in [0.15, 0.2) is 0 Å². The third-order valence-electron chi connectivity index (χ3n) is 5.48. The first-order valence-corrected chi connectivity index (χ1v) is 8.39. The molecular weight excluding hydrogens is 270 g/mol. The van der Waals surface area contributed by atoms with Crippen molar-refractivity contribution in [3.63, 3.8) is 0 Å². The molecule has 3 aliphatic heterocycles. The molecule has 3 unspecified atom stereocenters. The van der Waals surface area contributed by atoms with Crippen molar-refractivity contribution < 1.29 is 18.9 Å². The van der Waals surface area contributed by atoms with Crippen LogP contribution in [0.2, 0.25) is 0 Å². The number of ether oxygens (including phenoxy) is 4. The second-order valence-corrected chi connectivity index (χ2v) is 6.72. The number of nitrogens with two attached hydrogens (primary N) is 1. The minimum Gasteiger partial charge on any atom is -0.381 e. The molecule has 3 aliphatic rings. The molecule has 21 heavy (non-hydrogen) atoms. The quantitative estimate of drug-likeness (QED) is 0.852. The smallest absolute Gasteiger partial charge is 0.0939 e. The van der Waals surface area contributed by atoms with Gasteiger partial charge in [-0.2, -0.15) is 0 Å². The monoisotopic (exact) mass is 299 g/mol. The first kappa shape index (κ1) is 15.7. The summed E-state index contributed by atoms with van der Waals surface area (Å²) < 4.78 is 23.3. The van der Waals surface area contributed by atoms with E-state index in [4.69, 9.17) is 24.7 Å². The standard InChI is InChI=1S/C16H29NO4/c1-2-20-16(5-9-18-10-6-16)14(17)13-3-7-21-15(11-13)4-8-19-12-15/h13-14H,2-12,17H2,1H3. The van der Waals surface area contributed by atoms with Crippen molar-refractivity contribution in [3.8, 4) is 0 Å². The van der Waals surface area contributed by atoms with Crippen LogP contribution in [0, 0.1) is 5.92 Å². The van der Waals surface area contributed by atoms with Crippen LogP contribution in [-0.4, -0.2) is 56.9 Å². The summed E-state index contributed by atoms with van der Waals surface area (Å²) in [5, 5.41) is 0. The second kappa shape index (κ2) is 6.50. The lowest BCUT2D eigenvalue weighted by atomic mass is 9.73. The summed E-state index contributed by atoms with van der Waals surface area (Å²) in [6, 6.07) is 0.0581. The molecule has 3 atom stereocenters. The molecule has 0 radical (unpaired) electrons. The Bertz CT molecular complexity index is 332. The molecule has 2 N–H and O–H groups in total. The van der Waals surface area contributed by atoms with Crippen molar-refractivity contribution in [3.05, 3.63) is 0 Å². The van der Waals surface area contributed by atoms with Crippen molar-refractivity contribution in [2.45, 2.75) is 56.3 Å². The minimum atomic E-state index is -0.213. The van der Waals surface area contributed by atoms with Crippen molar-refractivity contribution in [2.24, 2.45) is 11.7 Å². The Hall–Kier alpha value is -0.200. The van der Waals surface area contributed by atoms with Crippen LogP contribution in [0.5, 0.6) is 0 Å². The van der Waals surface area contributed by atoms with Crippen LogP contribution in [0.4, 0.5) is 0 Å². The molecule has 0 aliphatic carbocycles. The third kappa shape index (κ3) is 3.13. The fraction of sp³-hybridized carbons (Fsp3) is 1.00. The Morgan fingerprint density at radius 1 is 1.14 bits per heavy atom. The summed E-state index contributed by atoms with van der Waals surface area (Å²) in [6.07, 6.45) is 4.84. The Morgan fingerprint density at radius 3 is 2.57 bits per heavy atom. The zero-order valence-corrected chi connectivity index (χ0v) is 13.1. The highest BCUT2D eigenvalue weighted by Gasteiger charge is 2.48. The Kier molecular flexibility index (Phi) is 4.86. The molecule has 0 aromatic heterocycles. The summed E-state index contributed by atoms with van der Waals surface area (Å²) in [7, 11) is 0. The van der Waals surface area contributed by atoms with Gasteiger partial charge in [-0.25, -0.2) is 0 Å². The van der Waals surface area contributed by atoms with Crippen LogP contribution in [0.3, 0.4) is 0 Å². The summed E-state index contributed by atoms with van der Waals surface area (Å²) in [4.78, 5) is 0. The first-order valence-electron chi connectivity index (χ1n) is 8.39. The van der Waals surface area contributed by atoms with Gasteiger partial charge in [0.05, 0.1) is 17.8 Å². The highest BCUT2D eigenvalue weighted by molar-refractivity contribution is 5.01. The van der Waals surface area contributed by atoms with Gasteiger partial charge in [0.25, 0.3) is 0 Å². The average Bonchev–Trinajstić information content (AvgIpc) is 2.95. The Labute approximate surface area is 127 Å². The van der Waals surface area contributed by atoms with E-state index in [1.165, 1.54) is 0 Å². The van der Waals surface area contributed by atoms with Crippen LogP contribution < -0.4 is 5.73 Å². The van der Waals surface area contributed by atoms with Gasteiger partial charge in [-0.1, -0.05) is 0 Å². The number of hydrogen-bond acceptors (Lipinski definition) is 5. The van der Waals surface area contributed by atoms with Gasteiger partial charge in [-0.3, -0.25) is 0 Å². The van der Waals surface area contributed by atoms with Gasteiger partial charge in [-0.05, 0) is 25.7 Å². The van der Waals surface area contributed by atoms with Gasteiger partial charge < -0.3 is 24.7 Å². The number of rotatable bonds is 4. The molecule has 0 aromatic carbocycles. The van der Waals surface area contributed by atoms with E-state index in [1.54, 1.807) is 0 Å². The molecular formula is C16H29NO4. The normalized spacial score (nSPS) is 37.7. The van der Waals surface area contributed by atoms with E-state index < -0.39 is 0 Å². The summed E-state index contributed by atoms with van der Waals surface area (Å²) >= 11 is 0. The van der Waals surface area contributed by atoms with E-state index >= 15 is 0 Å². The molecule has 5 heteroatoms. The van der Waals surface area contributed by atoms with Crippen molar-refractivity contribution in [1.29, 1.82) is 0 Å². The maximum atomic E-state index is 6.72. The highest BCUT2D eigenvalue weighted by Crippen LogP contribution is 2.41. The molecule has 122 valence electrons. The topological polar surface area (TPSA) is 62.9 Å². The molecule has 0 aromatic rings. The summed E-state index contributed by atoms with van der Waals surface area (Å²) in [5.41, 5.74) is 6.42. The molecule has 1 spiro atoms. The van der Waals surface area contributed by atoms with Crippen LogP contribution in [0.15, 0.2) is 0 Å². The lowest BCUT2D eigenvalue weighted by Crippen LogP contribution is -2.59. The fourth-order valence-electron chi connectivity index (χ4n) is 4.24. The van der Waals surface area contributed by atoms with Crippen LogP contribution in [0.1, 0.15) is 39.0 Å². The van der Waals surface area contributed by atoms with E-state index in [9.17, 15) is 0 Å². The SMILES string of the molecule is CCOC1(C(N)C2CCOC3(CCOC3)C2)CCOCC1. The highest BCUT2D eigenvalue weighted by atomic mass is 16.6. The number of hydrogen-bond donors (Lipinski definition) is 1. The Morgan fingerprint density at radius 2 is 1.90 bits per heavy atom. The fourth-order valence-corrected chi connectivity index (χ4v) is 4.24. The molecule has 3 heterocycles. The molecule has 3 fully saturated rings. The van der Waals surface area contributed by atoms with E-state index in [-0.39, 0.29) is 17.2 Å². The zero-order chi connectivity index (χ0) is 14.8. The Balaban J connectivity index is 1.71. The van der Waals surface area contributed by atoms with E-state index in [1.807, 2.05) is 0 Å². The minimum absolute atomic E-state index is 0.0581. The molecule has 0 amide bonds. The van der Waals surface area contributed by atoms with E-state index in [2.05, 4.69) is 6.92 Å². The average molecular weight is 299 g/mol. The van der Waals surface area contributed by atoms with Crippen molar-refractivity contribution in [2.75, 3.05) is 39.6 Å².